The van der Waals surface area contributed by atoms with Gasteiger partial charge >= 0.3 is 0 Å². The molecule has 0 spiro atoms. The molecular weight excluding hydrogens is 126 g/mol. The molecule has 0 aromatic rings. The zero-order valence-corrected chi connectivity index (χ0v) is 5.62. The fourth-order valence-electron chi connectivity index (χ4n) is 0.480. The predicted octanol–water partition coefficient (Wildman–Crippen LogP) is 0.892. The SMILES string of the molecule is OCCCCCNCl. The van der Waals surface area contributed by atoms with Crippen LogP contribution < -0.4 is 4.84 Å². The predicted molar refractivity (Wildman–Crippen MR) is 34.8 cm³/mol. The van der Waals surface area contributed by atoms with Crippen molar-refractivity contribution in [3.63, 3.8) is 0 Å². The summed E-state index contributed by atoms with van der Waals surface area (Å²) in [6, 6.07) is 0. The lowest BCUT2D eigenvalue weighted by atomic mass is 10.2. The summed E-state index contributed by atoms with van der Waals surface area (Å²) < 4.78 is 0. The van der Waals surface area contributed by atoms with Crippen LogP contribution in [0.2, 0.25) is 0 Å². The Kier molecular flexibility index (Phi) is 7.40. The van der Waals surface area contributed by atoms with Crippen LogP contribution in [-0.2, 0) is 0 Å². The minimum absolute atomic E-state index is 0.294. The van der Waals surface area contributed by atoms with Crippen LogP contribution in [0.4, 0.5) is 0 Å². The molecule has 0 atom stereocenters. The number of hydrogen-bond acceptors (Lipinski definition) is 2. The molecule has 3 heteroatoms. The summed E-state index contributed by atoms with van der Waals surface area (Å²) >= 11 is 5.17. The van der Waals surface area contributed by atoms with E-state index < -0.39 is 0 Å². The molecular formula is C5H12ClNO. The van der Waals surface area contributed by atoms with Gasteiger partial charge in [-0.15, -0.1) is 0 Å². The Labute approximate surface area is 55.0 Å². The molecule has 0 bridgehead atoms. The van der Waals surface area contributed by atoms with Gasteiger partial charge in [-0.05, 0) is 31.0 Å². The standard InChI is InChI=1S/C5H12ClNO/c6-7-4-2-1-3-5-8/h7-8H,1-5H2. The third-order valence-electron chi connectivity index (χ3n) is 0.929. The van der Waals surface area contributed by atoms with Gasteiger partial charge in [0.15, 0.2) is 0 Å². The summed E-state index contributed by atoms with van der Waals surface area (Å²) in [6.45, 7) is 1.13. The fraction of sp³-hybridized carbons (Fsp3) is 1.00. The highest BCUT2D eigenvalue weighted by Gasteiger charge is 1.84. The molecule has 0 radical (unpaired) electrons. The summed E-state index contributed by atoms with van der Waals surface area (Å²) in [5, 5.41) is 8.31. The summed E-state index contributed by atoms with van der Waals surface area (Å²) in [4.78, 5) is 2.52. The van der Waals surface area contributed by atoms with E-state index in [2.05, 4.69) is 4.84 Å². The van der Waals surface area contributed by atoms with Crippen molar-refractivity contribution >= 4 is 11.8 Å². The number of nitrogens with one attached hydrogen (secondary N) is 1. The van der Waals surface area contributed by atoms with Crippen LogP contribution >= 0.6 is 11.8 Å². The van der Waals surface area contributed by atoms with Crippen molar-refractivity contribution in [1.82, 2.24) is 4.84 Å². The van der Waals surface area contributed by atoms with Crippen molar-refractivity contribution < 1.29 is 5.11 Å². The Bertz CT molecular complexity index is 37.4. The third kappa shape index (κ3) is 6.21. The lowest BCUT2D eigenvalue weighted by molar-refractivity contribution is 0.283. The Morgan fingerprint density at radius 3 is 2.50 bits per heavy atom. The van der Waals surface area contributed by atoms with Crippen molar-refractivity contribution in [2.24, 2.45) is 0 Å². The summed E-state index contributed by atoms with van der Waals surface area (Å²) in [6.07, 6.45) is 2.98. The lowest BCUT2D eigenvalue weighted by Crippen LogP contribution is -2.00. The largest absolute Gasteiger partial charge is 0.396 e. The summed E-state index contributed by atoms with van der Waals surface area (Å²) in [7, 11) is 0. The monoisotopic (exact) mass is 137 g/mol. The first kappa shape index (κ1) is 8.21. The van der Waals surface area contributed by atoms with Crippen LogP contribution in [0, 0.1) is 0 Å². The molecule has 2 N–H and O–H groups in total. The molecule has 0 amide bonds. The van der Waals surface area contributed by atoms with Gasteiger partial charge in [0.1, 0.15) is 0 Å². The van der Waals surface area contributed by atoms with Crippen LogP contribution in [0.3, 0.4) is 0 Å². The number of rotatable bonds is 5. The quantitative estimate of drug-likeness (QED) is 0.436. The van der Waals surface area contributed by atoms with Gasteiger partial charge in [0.25, 0.3) is 0 Å². The summed E-state index contributed by atoms with van der Waals surface area (Å²) in [5.74, 6) is 0. The highest BCUT2D eigenvalue weighted by Crippen LogP contribution is 1.91. The van der Waals surface area contributed by atoms with Crippen LogP contribution in [0.5, 0.6) is 0 Å². The van der Waals surface area contributed by atoms with E-state index in [0.717, 1.165) is 25.8 Å². The maximum atomic E-state index is 8.31. The van der Waals surface area contributed by atoms with Gasteiger partial charge in [-0.2, -0.15) is 0 Å². The highest BCUT2D eigenvalue weighted by atomic mass is 35.5. The minimum atomic E-state index is 0.294. The number of aliphatic hydroxyl groups is 1. The molecule has 50 valence electrons. The average Bonchev–Trinajstić information content (AvgIpc) is 1.81. The molecule has 0 rings (SSSR count). The van der Waals surface area contributed by atoms with Gasteiger partial charge in [0, 0.05) is 13.2 Å². The zero-order valence-electron chi connectivity index (χ0n) is 4.86. The van der Waals surface area contributed by atoms with E-state index in [0.29, 0.717) is 6.61 Å². The molecule has 0 aliphatic carbocycles. The van der Waals surface area contributed by atoms with Gasteiger partial charge in [-0.3, -0.25) is 0 Å². The Hall–Kier alpha value is 0.210. The van der Waals surface area contributed by atoms with Crippen LogP contribution in [0.25, 0.3) is 0 Å². The molecule has 0 heterocycles. The maximum Gasteiger partial charge on any atom is 0.0431 e. The number of halogens is 1. The molecule has 2 nitrogen and oxygen atoms in total. The number of hydrogen-bond donors (Lipinski definition) is 2. The van der Waals surface area contributed by atoms with Crippen molar-refractivity contribution in [3.05, 3.63) is 0 Å². The van der Waals surface area contributed by atoms with E-state index >= 15 is 0 Å². The molecule has 0 aromatic carbocycles. The molecule has 0 aromatic heterocycles. The molecule has 0 saturated heterocycles. The fourth-order valence-corrected chi connectivity index (χ4v) is 0.614. The second-order valence-corrected chi connectivity index (χ2v) is 1.94. The first-order valence-electron chi connectivity index (χ1n) is 2.86. The van der Waals surface area contributed by atoms with Gasteiger partial charge < -0.3 is 5.11 Å². The normalized spacial score (nSPS) is 9.75. The Balaban J connectivity index is 2.53. The topological polar surface area (TPSA) is 32.3 Å². The Morgan fingerprint density at radius 1 is 1.25 bits per heavy atom. The van der Waals surface area contributed by atoms with E-state index in [1.165, 1.54) is 0 Å². The zero-order chi connectivity index (χ0) is 6.24. The van der Waals surface area contributed by atoms with E-state index in [-0.39, 0.29) is 0 Å². The Morgan fingerprint density at radius 2 is 2.00 bits per heavy atom. The molecule has 0 aliphatic rings. The first-order valence-corrected chi connectivity index (χ1v) is 3.24. The number of unbranched alkanes of at least 4 members (excludes halogenated alkanes) is 2. The lowest BCUT2D eigenvalue weighted by Gasteiger charge is -1.93. The van der Waals surface area contributed by atoms with Gasteiger partial charge in [0.05, 0.1) is 0 Å². The molecule has 0 aliphatic heterocycles. The van der Waals surface area contributed by atoms with Crippen molar-refractivity contribution in [3.8, 4) is 0 Å². The smallest absolute Gasteiger partial charge is 0.0431 e. The van der Waals surface area contributed by atoms with Gasteiger partial charge in [-0.1, -0.05) is 0 Å². The molecule has 0 fully saturated rings. The summed E-state index contributed by atoms with van der Waals surface area (Å²) in [5.41, 5.74) is 0. The van der Waals surface area contributed by atoms with E-state index in [1.807, 2.05) is 0 Å². The maximum absolute atomic E-state index is 8.31. The van der Waals surface area contributed by atoms with Crippen molar-refractivity contribution in [2.75, 3.05) is 13.2 Å². The van der Waals surface area contributed by atoms with Gasteiger partial charge in [-0.25, -0.2) is 4.84 Å². The molecule has 0 saturated carbocycles. The van der Waals surface area contributed by atoms with E-state index in [4.69, 9.17) is 16.9 Å². The third-order valence-corrected chi connectivity index (χ3v) is 1.12. The average molecular weight is 138 g/mol. The molecule has 0 unspecified atom stereocenters. The van der Waals surface area contributed by atoms with Crippen LogP contribution in [0.1, 0.15) is 19.3 Å². The first-order chi connectivity index (χ1) is 3.91. The van der Waals surface area contributed by atoms with Crippen LogP contribution in [0.15, 0.2) is 0 Å². The number of aliphatic hydroxyl groups excluding tert-OH is 1. The molecule has 8 heavy (non-hydrogen) atoms. The van der Waals surface area contributed by atoms with Crippen molar-refractivity contribution in [1.29, 1.82) is 0 Å². The van der Waals surface area contributed by atoms with Crippen molar-refractivity contribution in [2.45, 2.75) is 19.3 Å². The second-order valence-electron chi connectivity index (χ2n) is 1.67. The highest BCUT2D eigenvalue weighted by molar-refractivity contribution is 6.13. The van der Waals surface area contributed by atoms with E-state index in [1.54, 1.807) is 0 Å². The second kappa shape index (κ2) is 7.21. The minimum Gasteiger partial charge on any atom is -0.396 e. The van der Waals surface area contributed by atoms with Crippen LogP contribution in [-0.4, -0.2) is 18.3 Å². The van der Waals surface area contributed by atoms with Gasteiger partial charge in [0.2, 0.25) is 0 Å². The van der Waals surface area contributed by atoms with E-state index in [9.17, 15) is 0 Å².